The molecular weight excluding hydrogens is 234 g/mol. The van der Waals surface area contributed by atoms with E-state index in [1.54, 1.807) is 0 Å². The number of benzene rings is 1. The van der Waals surface area contributed by atoms with Crippen LogP contribution in [-0.4, -0.2) is 16.8 Å². The number of nitrogens with zero attached hydrogens (tertiary/aromatic N) is 1. The van der Waals surface area contributed by atoms with Gasteiger partial charge in [-0.1, -0.05) is 17.7 Å². The number of hydrogen-bond acceptors (Lipinski definition) is 1. The highest BCUT2D eigenvalue weighted by Gasteiger charge is 2.22. The van der Waals surface area contributed by atoms with Crippen LogP contribution in [0.3, 0.4) is 0 Å². The van der Waals surface area contributed by atoms with Crippen LogP contribution in [0.15, 0.2) is 30.5 Å². The zero-order valence-corrected chi connectivity index (χ0v) is 10.7. The molecule has 0 bridgehead atoms. The van der Waals surface area contributed by atoms with Crippen LogP contribution < -0.4 is 0 Å². The van der Waals surface area contributed by atoms with Gasteiger partial charge >= 0.3 is 0 Å². The third kappa shape index (κ3) is 2.07. The maximum absolute atomic E-state index is 6.17. The highest BCUT2D eigenvalue weighted by atomic mass is 35.5. The molecule has 1 aliphatic rings. The molecule has 0 amide bonds. The van der Waals surface area contributed by atoms with Gasteiger partial charge < -0.3 is 9.30 Å². The van der Waals surface area contributed by atoms with Gasteiger partial charge in [-0.25, -0.2) is 0 Å². The standard InChI is InChI=1S/C14H16ClNO/c1-10-5-6-11(17-10)9-16-8-7-12-13(15)3-2-4-14(12)16/h2-4,7-8,10-11H,5-6,9H2,1H3. The number of fused-ring (bicyclic) bond motifs is 1. The summed E-state index contributed by atoms with van der Waals surface area (Å²) in [6, 6.07) is 8.12. The molecule has 2 unspecified atom stereocenters. The molecule has 1 saturated heterocycles. The minimum atomic E-state index is 0.347. The van der Waals surface area contributed by atoms with Gasteiger partial charge in [0.1, 0.15) is 0 Å². The van der Waals surface area contributed by atoms with Crippen LogP contribution >= 0.6 is 11.6 Å². The predicted octanol–water partition coefficient (Wildman–Crippen LogP) is 3.86. The van der Waals surface area contributed by atoms with Gasteiger partial charge in [0.2, 0.25) is 0 Å². The van der Waals surface area contributed by atoms with Crippen molar-refractivity contribution in [3.05, 3.63) is 35.5 Å². The van der Waals surface area contributed by atoms with Crippen molar-refractivity contribution in [1.29, 1.82) is 0 Å². The number of ether oxygens (including phenoxy) is 1. The smallest absolute Gasteiger partial charge is 0.0758 e. The SMILES string of the molecule is CC1CCC(Cn2ccc3c(Cl)cccc32)O1. The van der Waals surface area contributed by atoms with Crippen molar-refractivity contribution in [3.63, 3.8) is 0 Å². The molecule has 0 radical (unpaired) electrons. The summed E-state index contributed by atoms with van der Waals surface area (Å²) in [5.74, 6) is 0. The Labute approximate surface area is 106 Å². The largest absolute Gasteiger partial charge is 0.373 e. The van der Waals surface area contributed by atoms with Crippen LogP contribution in [-0.2, 0) is 11.3 Å². The monoisotopic (exact) mass is 249 g/mol. The van der Waals surface area contributed by atoms with E-state index in [1.807, 2.05) is 12.1 Å². The molecule has 90 valence electrons. The topological polar surface area (TPSA) is 14.2 Å². The maximum atomic E-state index is 6.17. The van der Waals surface area contributed by atoms with Crippen molar-refractivity contribution in [1.82, 2.24) is 4.57 Å². The molecule has 2 heterocycles. The van der Waals surface area contributed by atoms with E-state index in [0.29, 0.717) is 12.2 Å². The molecule has 17 heavy (non-hydrogen) atoms. The summed E-state index contributed by atoms with van der Waals surface area (Å²) in [5.41, 5.74) is 1.20. The van der Waals surface area contributed by atoms with Crippen LogP contribution in [0.1, 0.15) is 19.8 Å². The predicted molar refractivity (Wildman–Crippen MR) is 70.5 cm³/mol. The van der Waals surface area contributed by atoms with Gasteiger partial charge in [-0.05, 0) is 38.0 Å². The zero-order chi connectivity index (χ0) is 11.8. The Morgan fingerprint density at radius 2 is 2.24 bits per heavy atom. The summed E-state index contributed by atoms with van der Waals surface area (Å²) >= 11 is 6.17. The van der Waals surface area contributed by atoms with Gasteiger partial charge in [-0.2, -0.15) is 0 Å². The Morgan fingerprint density at radius 1 is 1.35 bits per heavy atom. The van der Waals surface area contributed by atoms with Crippen LogP contribution in [0.5, 0.6) is 0 Å². The van der Waals surface area contributed by atoms with Gasteiger partial charge in [0.15, 0.2) is 0 Å². The highest BCUT2D eigenvalue weighted by molar-refractivity contribution is 6.35. The molecule has 3 rings (SSSR count). The van der Waals surface area contributed by atoms with Crippen LogP contribution in [0, 0.1) is 0 Å². The van der Waals surface area contributed by atoms with Crippen LogP contribution in [0.25, 0.3) is 10.9 Å². The normalized spacial score (nSPS) is 24.6. The van der Waals surface area contributed by atoms with Crippen molar-refractivity contribution in [2.24, 2.45) is 0 Å². The third-order valence-corrected chi connectivity index (χ3v) is 3.81. The lowest BCUT2D eigenvalue weighted by Gasteiger charge is -2.13. The first-order valence-electron chi connectivity index (χ1n) is 6.13. The minimum absolute atomic E-state index is 0.347. The second kappa shape index (κ2) is 4.35. The minimum Gasteiger partial charge on any atom is -0.373 e. The summed E-state index contributed by atoms with van der Waals surface area (Å²) in [6.45, 7) is 3.07. The average Bonchev–Trinajstić information content (AvgIpc) is 2.88. The summed E-state index contributed by atoms with van der Waals surface area (Å²) in [6.07, 6.45) is 5.18. The number of aromatic nitrogens is 1. The first-order valence-corrected chi connectivity index (χ1v) is 6.50. The van der Waals surface area contributed by atoms with E-state index in [4.69, 9.17) is 16.3 Å². The lowest BCUT2D eigenvalue weighted by molar-refractivity contribution is 0.0465. The van der Waals surface area contributed by atoms with Crippen molar-refractivity contribution >= 4 is 22.5 Å². The molecule has 2 atom stereocenters. The molecule has 3 heteroatoms. The fourth-order valence-electron chi connectivity index (χ4n) is 2.58. The van der Waals surface area contributed by atoms with Crippen molar-refractivity contribution in [2.75, 3.05) is 0 Å². The maximum Gasteiger partial charge on any atom is 0.0758 e. The van der Waals surface area contributed by atoms with Crippen LogP contribution in [0.4, 0.5) is 0 Å². The molecular formula is C14H16ClNO. The summed E-state index contributed by atoms with van der Waals surface area (Å²) in [7, 11) is 0. The molecule has 2 nitrogen and oxygen atoms in total. The molecule has 0 spiro atoms. The fourth-order valence-corrected chi connectivity index (χ4v) is 2.82. The summed E-state index contributed by atoms with van der Waals surface area (Å²) in [5, 5.41) is 1.95. The quantitative estimate of drug-likeness (QED) is 0.788. The molecule has 1 fully saturated rings. The molecule has 2 aromatic rings. The number of halogens is 1. The van der Waals surface area contributed by atoms with Gasteiger partial charge in [0.25, 0.3) is 0 Å². The summed E-state index contributed by atoms with van der Waals surface area (Å²) < 4.78 is 8.10. The van der Waals surface area contributed by atoms with Crippen LogP contribution in [0.2, 0.25) is 5.02 Å². The number of rotatable bonds is 2. The van der Waals surface area contributed by atoms with Gasteiger partial charge in [0.05, 0.1) is 12.2 Å². The van der Waals surface area contributed by atoms with E-state index in [9.17, 15) is 0 Å². The lowest BCUT2D eigenvalue weighted by Crippen LogP contribution is -2.15. The average molecular weight is 250 g/mol. The van der Waals surface area contributed by atoms with Gasteiger partial charge in [0, 0.05) is 28.7 Å². The Hall–Kier alpha value is -0.990. The van der Waals surface area contributed by atoms with E-state index in [-0.39, 0.29) is 0 Å². The summed E-state index contributed by atoms with van der Waals surface area (Å²) in [4.78, 5) is 0. The Bertz CT molecular complexity index is 534. The number of hydrogen-bond donors (Lipinski definition) is 0. The first-order chi connectivity index (χ1) is 8.24. The first kappa shape index (κ1) is 11.1. The molecule has 1 aliphatic heterocycles. The lowest BCUT2D eigenvalue weighted by atomic mass is 10.2. The van der Waals surface area contributed by atoms with E-state index >= 15 is 0 Å². The van der Waals surface area contributed by atoms with Gasteiger partial charge in [-0.15, -0.1) is 0 Å². The second-order valence-corrected chi connectivity index (χ2v) is 5.19. The van der Waals surface area contributed by atoms with Crippen molar-refractivity contribution in [2.45, 2.75) is 38.5 Å². The molecule has 0 aliphatic carbocycles. The van der Waals surface area contributed by atoms with E-state index in [1.165, 1.54) is 11.9 Å². The van der Waals surface area contributed by atoms with Gasteiger partial charge in [-0.3, -0.25) is 0 Å². The van der Waals surface area contributed by atoms with E-state index in [0.717, 1.165) is 23.4 Å². The Balaban J connectivity index is 1.88. The molecule has 1 aromatic carbocycles. The molecule has 0 saturated carbocycles. The fraction of sp³-hybridized carbons (Fsp3) is 0.429. The second-order valence-electron chi connectivity index (χ2n) is 4.79. The van der Waals surface area contributed by atoms with E-state index in [2.05, 4.69) is 29.8 Å². The van der Waals surface area contributed by atoms with Crippen molar-refractivity contribution in [3.8, 4) is 0 Å². The molecule has 1 aromatic heterocycles. The van der Waals surface area contributed by atoms with E-state index < -0.39 is 0 Å². The molecule has 0 N–H and O–H groups in total. The Kier molecular flexibility index (Phi) is 2.85. The zero-order valence-electron chi connectivity index (χ0n) is 9.90. The van der Waals surface area contributed by atoms with Crippen molar-refractivity contribution < 1.29 is 4.74 Å². The highest BCUT2D eigenvalue weighted by Crippen LogP contribution is 2.26. The third-order valence-electron chi connectivity index (χ3n) is 3.48. The Morgan fingerprint density at radius 3 is 3.00 bits per heavy atom.